The maximum atomic E-state index is 12.1. The molecular formula is C13H23N3O2S. The summed E-state index contributed by atoms with van der Waals surface area (Å²) in [7, 11) is 0. The minimum atomic E-state index is -0.649. The molecule has 108 valence electrons. The molecule has 1 aromatic rings. The van der Waals surface area contributed by atoms with Gasteiger partial charge in [-0.15, -0.1) is 0 Å². The van der Waals surface area contributed by atoms with E-state index in [0.717, 1.165) is 11.7 Å². The van der Waals surface area contributed by atoms with Gasteiger partial charge < -0.3 is 15.0 Å². The molecule has 0 aliphatic carbocycles. The predicted octanol–water partition coefficient (Wildman–Crippen LogP) is 2.21. The molecule has 0 aliphatic rings. The molecule has 2 atom stereocenters. The lowest BCUT2D eigenvalue weighted by atomic mass is 9.96. The number of imidazole rings is 1. The average Bonchev–Trinajstić information content (AvgIpc) is 2.82. The molecule has 19 heavy (non-hydrogen) atoms. The Balaban J connectivity index is 2.63. The van der Waals surface area contributed by atoms with Crippen molar-refractivity contribution in [3.63, 3.8) is 0 Å². The van der Waals surface area contributed by atoms with Crippen LogP contribution in [0.15, 0.2) is 17.6 Å². The van der Waals surface area contributed by atoms with E-state index < -0.39 is 5.54 Å². The Morgan fingerprint density at radius 1 is 1.63 bits per heavy atom. The number of thioether (sulfide) groups is 1. The molecule has 0 amide bonds. The van der Waals surface area contributed by atoms with Gasteiger partial charge in [0.25, 0.3) is 0 Å². The number of ether oxygens (including phenoxy) is 1. The van der Waals surface area contributed by atoms with Gasteiger partial charge in [0.15, 0.2) is 5.16 Å². The van der Waals surface area contributed by atoms with Crippen LogP contribution in [0.4, 0.5) is 0 Å². The number of likely N-dealkylation sites (N-methyl/N-ethyl adjacent to an activating group) is 1. The summed E-state index contributed by atoms with van der Waals surface area (Å²) in [4.78, 5) is 19.3. The largest absolute Gasteiger partial charge is 0.465 e. The SMILES string of the molecule is CCNC(C)(CC(C)Sc1ncc[nH]1)C(=O)OCC. The van der Waals surface area contributed by atoms with E-state index in [0.29, 0.717) is 13.0 Å². The highest BCUT2D eigenvalue weighted by atomic mass is 32.2. The fraction of sp³-hybridized carbons (Fsp3) is 0.692. The smallest absolute Gasteiger partial charge is 0.326 e. The van der Waals surface area contributed by atoms with Crippen molar-refractivity contribution in [1.82, 2.24) is 15.3 Å². The summed E-state index contributed by atoms with van der Waals surface area (Å²) < 4.78 is 5.16. The number of aromatic amines is 1. The quantitative estimate of drug-likeness (QED) is 0.566. The molecule has 1 aromatic heterocycles. The van der Waals surface area contributed by atoms with Gasteiger partial charge in [0, 0.05) is 17.6 Å². The van der Waals surface area contributed by atoms with Crippen molar-refractivity contribution in [2.75, 3.05) is 13.2 Å². The standard InChI is InChI=1S/C13H23N3O2S/c1-5-16-13(4,11(17)18-6-2)9-10(3)19-12-14-7-8-15-12/h7-8,10,16H,5-6,9H2,1-4H3,(H,14,15). The maximum Gasteiger partial charge on any atom is 0.326 e. The number of H-pyrrole nitrogens is 1. The van der Waals surface area contributed by atoms with E-state index in [-0.39, 0.29) is 11.2 Å². The zero-order valence-electron chi connectivity index (χ0n) is 12.0. The zero-order valence-corrected chi connectivity index (χ0v) is 12.8. The van der Waals surface area contributed by atoms with Gasteiger partial charge >= 0.3 is 5.97 Å². The first-order valence-electron chi connectivity index (χ1n) is 6.60. The third-order valence-electron chi connectivity index (χ3n) is 2.77. The van der Waals surface area contributed by atoms with E-state index in [1.807, 2.05) is 20.8 Å². The lowest BCUT2D eigenvalue weighted by Gasteiger charge is -2.30. The highest BCUT2D eigenvalue weighted by molar-refractivity contribution is 7.99. The molecule has 2 N–H and O–H groups in total. The fourth-order valence-corrected chi connectivity index (χ4v) is 3.09. The van der Waals surface area contributed by atoms with Crippen LogP contribution in [-0.4, -0.2) is 39.9 Å². The zero-order chi connectivity index (χ0) is 14.3. The molecule has 0 bridgehead atoms. The molecule has 0 fully saturated rings. The molecule has 0 aromatic carbocycles. The number of hydrogen-bond acceptors (Lipinski definition) is 5. The molecule has 6 heteroatoms. The van der Waals surface area contributed by atoms with Crippen LogP contribution in [0.25, 0.3) is 0 Å². The second kappa shape index (κ2) is 7.55. The Morgan fingerprint density at radius 3 is 2.89 bits per heavy atom. The molecule has 0 aliphatic heterocycles. The first kappa shape index (κ1) is 16.0. The van der Waals surface area contributed by atoms with Crippen molar-refractivity contribution in [2.24, 2.45) is 0 Å². The number of aromatic nitrogens is 2. The van der Waals surface area contributed by atoms with Crippen LogP contribution in [0.5, 0.6) is 0 Å². The second-order valence-electron chi connectivity index (χ2n) is 4.61. The summed E-state index contributed by atoms with van der Waals surface area (Å²) in [5.41, 5.74) is -0.649. The van der Waals surface area contributed by atoms with E-state index >= 15 is 0 Å². The summed E-state index contributed by atoms with van der Waals surface area (Å²) in [5, 5.41) is 4.36. The number of carbonyl (C=O) groups is 1. The molecule has 0 saturated carbocycles. The minimum Gasteiger partial charge on any atom is -0.465 e. The Labute approximate surface area is 118 Å². The first-order chi connectivity index (χ1) is 9.01. The van der Waals surface area contributed by atoms with Crippen LogP contribution in [0.3, 0.4) is 0 Å². The van der Waals surface area contributed by atoms with Crippen LogP contribution in [0.2, 0.25) is 0 Å². The molecular weight excluding hydrogens is 262 g/mol. The van der Waals surface area contributed by atoms with Crippen LogP contribution in [0, 0.1) is 0 Å². The van der Waals surface area contributed by atoms with Gasteiger partial charge in [-0.05, 0) is 26.8 Å². The maximum absolute atomic E-state index is 12.1. The van der Waals surface area contributed by atoms with Gasteiger partial charge in [0.05, 0.1) is 6.61 Å². The monoisotopic (exact) mass is 285 g/mol. The van der Waals surface area contributed by atoms with Crippen molar-refractivity contribution in [1.29, 1.82) is 0 Å². The average molecular weight is 285 g/mol. The summed E-state index contributed by atoms with van der Waals surface area (Å²) in [6, 6.07) is 0. The molecule has 2 unspecified atom stereocenters. The highest BCUT2D eigenvalue weighted by Crippen LogP contribution is 2.27. The van der Waals surface area contributed by atoms with E-state index in [9.17, 15) is 4.79 Å². The molecule has 1 heterocycles. The van der Waals surface area contributed by atoms with Crippen LogP contribution < -0.4 is 5.32 Å². The normalized spacial score (nSPS) is 15.8. The topological polar surface area (TPSA) is 67.0 Å². The summed E-state index contributed by atoms with van der Waals surface area (Å²) in [6.07, 6.45) is 4.21. The van der Waals surface area contributed by atoms with Gasteiger partial charge in [-0.3, -0.25) is 4.79 Å². The van der Waals surface area contributed by atoms with E-state index in [1.165, 1.54) is 0 Å². The van der Waals surface area contributed by atoms with Gasteiger partial charge in [-0.1, -0.05) is 25.6 Å². The minimum absolute atomic E-state index is 0.191. The number of nitrogens with one attached hydrogen (secondary N) is 2. The Bertz CT molecular complexity index is 383. The fourth-order valence-electron chi connectivity index (χ4n) is 2.03. The summed E-state index contributed by atoms with van der Waals surface area (Å²) >= 11 is 1.62. The number of carbonyl (C=O) groups excluding carboxylic acids is 1. The van der Waals surface area contributed by atoms with Gasteiger partial charge in [-0.2, -0.15) is 0 Å². The van der Waals surface area contributed by atoms with Gasteiger partial charge in [-0.25, -0.2) is 4.98 Å². The molecule has 0 spiro atoms. The first-order valence-corrected chi connectivity index (χ1v) is 7.48. The number of hydrogen-bond donors (Lipinski definition) is 2. The molecule has 0 saturated heterocycles. The van der Waals surface area contributed by atoms with Gasteiger partial charge in [0.2, 0.25) is 0 Å². The predicted molar refractivity (Wildman–Crippen MR) is 77.2 cm³/mol. The number of rotatable bonds is 8. The summed E-state index contributed by atoms with van der Waals surface area (Å²) in [6.45, 7) is 8.93. The van der Waals surface area contributed by atoms with Crippen LogP contribution in [-0.2, 0) is 9.53 Å². The number of esters is 1. The van der Waals surface area contributed by atoms with Crippen molar-refractivity contribution < 1.29 is 9.53 Å². The van der Waals surface area contributed by atoms with Gasteiger partial charge in [0.1, 0.15) is 5.54 Å². The van der Waals surface area contributed by atoms with Crippen LogP contribution in [0.1, 0.15) is 34.1 Å². The second-order valence-corrected chi connectivity index (χ2v) is 6.04. The Kier molecular flexibility index (Phi) is 6.37. The van der Waals surface area contributed by atoms with E-state index in [1.54, 1.807) is 24.2 Å². The van der Waals surface area contributed by atoms with E-state index in [4.69, 9.17) is 4.74 Å². The highest BCUT2D eigenvalue weighted by Gasteiger charge is 2.35. The Morgan fingerprint density at radius 2 is 2.37 bits per heavy atom. The third-order valence-corrected chi connectivity index (χ3v) is 3.79. The molecule has 1 rings (SSSR count). The lowest BCUT2D eigenvalue weighted by Crippen LogP contribution is -2.51. The van der Waals surface area contributed by atoms with E-state index in [2.05, 4.69) is 22.2 Å². The van der Waals surface area contributed by atoms with Crippen molar-refractivity contribution >= 4 is 17.7 Å². The number of nitrogens with zero attached hydrogens (tertiary/aromatic N) is 1. The molecule has 5 nitrogen and oxygen atoms in total. The Hall–Kier alpha value is -1.01. The van der Waals surface area contributed by atoms with Crippen molar-refractivity contribution in [2.45, 2.75) is 50.1 Å². The van der Waals surface area contributed by atoms with Crippen molar-refractivity contribution in [3.8, 4) is 0 Å². The van der Waals surface area contributed by atoms with Crippen LogP contribution >= 0.6 is 11.8 Å². The lowest BCUT2D eigenvalue weighted by molar-refractivity contribution is -0.150. The van der Waals surface area contributed by atoms with Crippen molar-refractivity contribution in [3.05, 3.63) is 12.4 Å². The third kappa shape index (κ3) is 4.87. The molecule has 0 radical (unpaired) electrons. The summed E-state index contributed by atoms with van der Waals surface area (Å²) in [5.74, 6) is -0.191.